The lowest BCUT2D eigenvalue weighted by Crippen LogP contribution is -2.45. The Hall–Kier alpha value is -1.56. The van der Waals surface area contributed by atoms with Crippen LogP contribution < -0.4 is 5.32 Å². The van der Waals surface area contributed by atoms with Gasteiger partial charge in [-0.15, -0.1) is 0 Å². The highest BCUT2D eigenvalue weighted by atomic mass is 16.5. The van der Waals surface area contributed by atoms with Crippen LogP contribution in [0.15, 0.2) is 6.07 Å². The number of urea groups is 1. The number of hydrogen-bond donors (Lipinski definition) is 1. The quantitative estimate of drug-likeness (QED) is 0.870. The Morgan fingerprint density at radius 3 is 2.54 bits per heavy atom. The van der Waals surface area contributed by atoms with Gasteiger partial charge in [-0.3, -0.25) is 10.00 Å². The van der Waals surface area contributed by atoms with E-state index in [1.807, 2.05) is 18.0 Å². The van der Waals surface area contributed by atoms with E-state index in [9.17, 15) is 4.79 Å². The summed E-state index contributed by atoms with van der Waals surface area (Å²) in [6.07, 6.45) is 11.2. The number of rotatable bonds is 2. The number of carbonyl (C=O) groups excluding carboxylic acids is 1. The molecule has 26 heavy (non-hydrogen) atoms. The Morgan fingerprint density at radius 2 is 1.85 bits per heavy atom. The van der Waals surface area contributed by atoms with Crippen LogP contribution in [0.2, 0.25) is 0 Å². The van der Waals surface area contributed by atoms with E-state index in [1.54, 1.807) is 4.68 Å². The fourth-order valence-corrected chi connectivity index (χ4v) is 4.97. The van der Waals surface area contributed by atoms with E-state index in [1.165, 1.54) is 44.9 Å². The van der Waals surface area contributed by atoms with Crippen LogP contribution in [0.25, 0.3) is 0 Å². The van der Waals surface area contributed by atoms with Crippen molar-refractivity contribution in [3.05, 3.63) is 11.8 Å². The Bertz CT molecular complexity index is 620. The molecule has 6 heteroatoms. The number of piperidine rings is 1. The molecule has 1 N–H and O–H groups in total. The van der Waals surface area contributed by atoms with Gasteiger partial charge in [0.05, 0.1) is 5.69 Å². The summed E-state index contributed by atoms with van der Waals surface area (Å²) in [5.41, 5.74) is 1.60. The molecule has 1 spiro atoms. The normalized spacial score (nSPS) is 24.0. The summed E-state index contributed by atoms with van der Waals surface area (Å²) >= 11 is 0. The summed E-state index contributed by atoms with van der Waals surface area (Å²) in [4.78, 5) is 14.7. The second kappa shape index (κ2) is 7.59. The van der Waals surface area contributed by atoms with E-state index in [4.69, 9.17) is 4.74 Å². The molecule has 2 saturated heterocycles. The first-order valence-corrected chi connectivity index (χ1v) is 10.3. The van der Waals surface area contributed by atoms with Crippen LogP contribution in [0, 0.1) is 5.41 Å². The Labute approximate surface area is 156 Å². The van der Waals surface area contributed by atoms with Gasteiger partial charge in [-0.25, -0.2) is 4.79 Å². The highest BCUT2D eigenvalue weighted by Crippen LogP contribution is 2.44. The summed E-state index contributed by atoms with van der Waals surface area (Å²) in [6, 6.07) is 2.07. The van der Waals surface area contributed by atoms with Crippen LogP contribution in [0.4, 0.5) is 10.6 Å². The van der Waals surface area contributed by atoms with Gasteiger partial charge in [0.2, 0.25) is 0 Å². The van der Waals surface area contributed by atoms with Crippen molar-refractivity contribution in [2.24, 2.45) is 12.5 Å². The molecule has 0 atom stereocenters. The van der Waals surface area contributed by atoms with Gasteiger partial charge in [0.1, 0.15) is 5.82 Å². The van der Waals surface area contributed by atoms with Crippen molar-refractivity contribution in [1.82, 2.24) is 14.7 Å². The van der Waals surface area contributed by atoms with E-state index in [0.717, 1.165) is 50.7 Å². The molecule has 0 unspecified atom stereocenters. The number of aryl methyl sites for hydroxylation is 1. The molecular formula is C20H32N4O2. The molecule has 0 aromatic carbocycles. The maximum absolute atomic E-state index is 12.7. The van der Waals surface area contributed by atoms with Gasteiger partial charge >= 0.3 is 6.03 Å². The fourth-order valence-electron chi connectivity index (χ4n) is 4.97. The zero-order valence-electron chi connectivity index (χ0n) is 16.0. The Balaban J connectivity index is 1.34. The second-order valence-corrected chi connectivity index (χ2v) is 8.44. The number of hydrogen-bond acceptors (Lipinski definition) is 3. The molecular weight excluding hydrogens is 328 g/mol. The first-order chi connectivity index (χ1) is 12.7. The van der Waals surface area contributed by atoms with Crippen LogP contribution in [0.5, 0.6) is 0 Å². The van der Waals surface area contributed by atoms with E-state index < -0.39 is 0 Å². The molecule has 0 bridgehead atoms. The maximum atomic E-state index is 12.7. The standard InChI is InChI=1S/C20H32N4O2/c1-23-18(15-17(22-23)16-5-13-26-14-6-16)21-19(25)24-11-9-20(10-12-24)7-3-2-4-8-20/h15-16H,2-14H2,1H3,(H,21,25). The first kappa shape index (κ1) is 17.8. The van der Waals surface area contributed by atoms with Crippen LogP contribution in [0.3, 0.4) is 0 Å². The Kier molecular flexibility index (Phi) is 5.20. The minimum absolute atomic E-state index is 0.0252. The van der Waals surface area contributed by atoms with Crippen molar-refractivity contribution in [2.75, 3.05) is 31.6 Å². The smallest absolute Gasteiger partial charge is 0.322 e. The van der Waals surface area contributed by atoms with E-state index in [-0.39, 0.29) is 6.03 Å². The van der Waals surface area contributed by atoms with Crippen molar-refractivity contribution in [1.29, 1.82) is 0 Å². The molecule has 1 saturated carbocycles. The second-order valence-electron chi connectivity index (χ2n) is 8.44. The summed E-state index contributed by atoms with van der Waals surface area (Å²) in [6.45, 7) is 3.38. The predicted octanol–water partition coefficient (Wildman–Crippen LogP) is 3.89. The van der Waals surface area contributed by atoms with Gasteiger partial charge < -0.3 is 9.64 Å². The SMILES string of the molecule is Cn1nc(C2CCOCC2)cc1NC(=O)N1CCC2(CCCCC2)CC1. The first-order valence-electron chi connectivity index (χ1n) is 10.3. The fraction of sp³-hybridized carbons (Fsp3) is 0.800. The van der Waals surface area contributed by atoms with E-state index >= 15 is 0 Å². The van der Waals surface area contributed by atoms with Crippen LogP contribution in [-0.4, -0.2) is 47.0 Å². The minimum atomic E-state index is 0.0252. The number of likely N-dealkylation sites (tertiary alicyclic amines) is 1. The van der Waals surface area contributed by atoms with Crippen molar-refractivity contribution in [3.63, 3.8) is 0 Å². The van der Waals surface area contributed by atoms with Crippen LogP contribution in [0.1, 0.15) is 69.4 Å². The van der Waals surface area contributed by atoms with E-state index in [2.05, 4.69) is 10.4 Å². The van der Waals surface area contributed by atoms with Crippen molar-refractivity contribution in [2.45, 2.75) is 63.7 Å². The highest BCUT2D eigenvalue weighted by Gasteiger charge is 2.36. The number of ether oxygens (including phenoxy) is 1. The monoisotopic (exact) mass is 360 g/mol. The molecule has 3 aliphatic rings. The summed E-state index contributed by atoms with van der Waals surface area (Å²) in [7, 11) is 1.91. The number of carbonyl (C=O) groups is 1. The molecule has 1 aromatic rings. The summed E-state index contributed by atoms with van der Waals surface area (Å²) in [5, 5.41) is 7.72. The van der Waals surface area contributed by atoms with Gasteiger partial charge in [-0.2, -0.15) is 5.10 Å². The number of amides is 2. The van der Waals surface area contributed by atoms with Gasteiger partial charge in [-0.1, -0.05) is 19.3 Å². The van der Waals surface area contributed by atoms with Crippen molar-refractivity contribution >= 4 is 11.8 Å². The number of nitrogens with zero attached hydrogens (tertiary/aromatic N) is 3. The van der Waals surface area contributed by atoms with E-state index in [0.29, 0.717) is 11.3 Å². The molecule has 3 heterocycles. The summed E-state index contributed by atoms with van der Waals surface area (Å²) < 4.78 is 7.24. The molecule has 2 aliphatic heterocycles. The maximum Gasteiger partial charge on any atom is 0.322 e. The molecule has 3 fully saturated rings. The van der Waals surface area contributed by atoms with Crippen LogP contribution >= 0.6 is 0 Å². The zero-order valence-corrected chi connectivity index (χ0v) is 16.0. The third-order valence-electron chi connectivity index (χ3n) is 6.80. The molecule has 144 valence electrons. The molecule has 1 aliphatic carbocycles. The molecule has 6 nitrogen and oxygen atoms in total. The van der Waals surface area contributed by atoms with Gasteiger partial charge in [-0.05, 0) is 43.9 Å². The average molecular weight is 361 g/mol. The molecule has 4 rings (SSSR count). The van der Waals surface area contributed by atoms with Crippen LogP contribution in [-0.2, 0) is 11.8 Å². The minimum Gasteiger partial charge on any atom is -0.381 e. The predicted molar refractivity (Wildman–Crippen MR) is 101 cm³/mol. The summed E-state index contributed by atoms with van der Waals surface area (Å²) in [5.74, 6) is 1.25. The zero-order chi connectivity index (χ0) is 18.0. The third-order valence-corrected chi connectivity index (χ3v) is 6.80. The number of anilines is 1. The Morgan fingerprint density at radius 1 is 1.15 bits per heavy atom. The third kappa shape index (κ3) is 3.75. The molecule has 0 radical (unpaired) electrons. The topological polar surface area (TPSA) is 59.4 Å². The van der Waals surface area contributed by atoms with Gasteiger partial charge in [0, 0.05) is 45.3 Å². The number of nitrogens with one attached hydrogen (secondary N) is 1. The average Bonchev–Trinajstić information content (AvgIpc) is 3.04. The van der Waals surface area contributed by atoms with Crippen molar-refractivity contribution < 1.29 is 9.53 Å². The lowest BCUT2D eigenvalue weighted by molar-refractivity contribution is 0.0843. The van der Waals surface area contributed by atoms with Gasteiger partial charge in [0.15, 0.2) is 0 Å². The van der Waals surface area contributed by atoms with Gasteiger partial charge in [0.25, 0.3) is 0 Å². The molecule has 2 amide bonds. The molecule has 1 aromatic heterocycles. The lowest BCUT2D eigenvalue weighted by atomic mass is 9.68. The highest BCUT2D eigenvalue weighted by molar-refractivity contribution is 5.88. The van der Waals surface area contributed by atoms with Crippen molar-refractivity contribution in [3.8, 4) is 0 Å². The lowest BCUT2D eigenvalue weighted by Gasteiger charge is -2.44. The number of aromatic nitrogens is 2. The largest absolute Gasteiger partial charge is 0.381 e.